The maximum absolute atomic E-state index is 12.7. The van der Waals surface area contributed by atoms with Crippen LogP contribution in [0.15, 0.2) is 45.9 Å². The Morgan fingerprint density at radius 1 is 1.15 bits per heavy atom. The minimum Gasteiger partial charge on any atom is -0.449 e. The van der Waals surface area contributed by atoms with Gasteiger partial charge in [-0.15, -0.1) is 0 Å². The van der Waals surface area contributed by atoms with Crippen molar-refractivity contribution in [2.45, 2.75) is 37.9 Å². The Morgan fingerprint density at radius 2 is 1.85 bits per heavy atom. The number of hydrogen-bond acceptors (Lipinski definition) is 3. The number of hydrogen-bond donors (Lipinski definition) is 0. The smallest absolute Gasteiger partial charge is 0.277 e. The van der Waals surface area contributed by atoms with Crippen LogP contribution in [-0.2, 0) is 23.0 Å². The summed E-state index contributed by atoms with van der Waals surface area (Å²) in [5.74, 6) is 0.605. The summed E-state index contributed by atoms with van der Waals surface area (Å²) in [5, 5.41) is 0.0289. The first kappa shape index (κ1) is 13.4. The molecule has 2 heterocycles. The van der Waals surface area contributed by atoms with Gasteiger partial charge in [0.05, 0.1) is 0 Å². The highest BCUT2D eigenvalue weighted by molar-refractivity contribution is 7.89. The summed E-state index contributed by atoms with van der Waals surface area (Å²) in [4.78, 5) is 0. The van der Waals surface area contributed by atoms with Crippen molar-refractivity contribution >= 4 is 10.0 Å². The van der Waals surface area contributed by atoms with Crippen LogP contribution >= 0.6 is 0 Å². The van der Waals surface area contributed by atoms with Gasteiger partial charge in [0.1, 0.15) is 5.76 Å². The molecule has 0 saturated carbocycles. The molecule has 0 saturated heterocycles. The zero-order valence-electron chi connectivity index (χ0n) is 11.5. The summed E-state index contributed by atoms with van der Waals surface area (Å²) in [7, 11) is -3.57. The largest absolute Gasteiger partial charge is 0.449 e. The Labute approximate surface area is 119 Å². The number of furan rings is 1. The number of nitrogens with zero attached hydrogens (tertiary/aromatic N) is 1. The van der Waals surface area contributed by atoms with E-state index in [2.05, 4.69) is 6.07 Å². The molecule has 5 heteroatoms. The fourth-order valence-corrected chi connectivity index (χ4v) is 4.21. The van der Waals surface area contributed by atoms with Crippen molar-refractivity contribution in [3.63, 3.8) is 0 Å². The maximum atomic E-state index is 12.7. The second-order valence-electron chi connectivity index (χ2n) is 5.24. The van der Waals surface area contributed by atoms with E-state index in [0.29, 0.717) is 12.3 Å². The molecule has 1 aliphatic heterocycles. The lowest BCUT2D eigenvalue weighted by atomic mass is 9.97. The molecule has 2 aromatic rings. The van der Waals surface area contributed by atoms with Gasteiger partial charge in [-0.1, -0.05) is 24.3 Å². The molecule has 4 nitrogen and oxygen atoms in total. The molecule has 1 aliphatic rings. The summed E-state index contributed by atoms with van der Waals surface area (Å²) >= 11 is 0. The summed E-state index contributed by atoms with van der Waals surface area (Å²) < 4.78 is 32.1. The van der Waals surface area contributed by atoms with Crippen molar-refractivity contribution in [2.75, 3.05) is 0 Å². The highest BCUT2D eigenvalue weighted by Crippen LogP contribution is 2.29. The van der Waals surface area contributed by atoms with Gasteiger partial charge in [0.15, 0.2) is 0 Å². The summed E-state index contributed by atoms with van der Waals surface area (Å²) in [6.45, 7) is 4.08. The van der Waals surface area contributed by atoms with Crippen molar-refractivity contribution < 1.29 is 12.8 Å². The van der Waals surface area contributed by atoms with Gasteiger partial charge in [0, 0.05) is 12.6 Å². The lowest BCUT2D eigenvalue weighted by molar-refractivity contribution is 0.296. The van der Waals surface area contributed by atoms with E-state index in [-0.39, 0.29) is 11.1 Å². The molecule has 3 rings (SSSR count). The van der Waals surface area contributed by atoms with Crippen LogP contribution in [0.4, 0.5) is 0 Å². The topological polar surface area (TPSA) is 50.5 Å². The highest BCUT2D eigenvalue weighted by Gasteiger charge is 2.34. The van der Waals surface area contributed by atoms with Gasteiger partial charge in [0.2, 0.25) is 5.09 Å². The van der Waals surface area contributed by atoms with Gasteiger partial charge in [0.25, 0.3) is 10.0 Å². The number of benzene rings is 1. The molecule has 20 heavy (non-hydrogen) atoms. The molecular formula is C15H17NO3S. The van der Waals surface area contributed by atoms with Crippen molar-refractivity contribution in [3.8, 4) is 0 Å². The fraction of sp³-hybridized carbons (Fsp3) is 0.333. The van der Waals surface area contributed by atoms with Gasteiger partial charge in [-0.2, -0.15) is 4.31 Å². The van der Waals surface area contributed by atoms with E-state index in [1.807, 2.05) is 25.1 Å². The predicted octanol–water partition coefficient (Wildman–Crippen LogP) is 2.72. The molecule has 0 bridgehead atoms. The van der Waals surface area contributed by atoms with E-state index in [1.54, 1.807) is 13.0 Å². The second kappa shape index (κ2) is 4.75. The second-order valence-corrected chi connectivity index (χ2v) is 7.06. The Bertz CT molecular complexity index is 733. The van der Waals surface area contributed by atoms with E-state index >= 15 is 0 Å². The van der Waals surface area contributed by atoms with Crippen LogP contribution in [0.3, 0.4) is 0 Å². The molecule has 0 spiro atoms. The Balaban J connectivity index is 1.99. The quantitative estimate of drug-likeness (QED) is 0.855. The lowest BCUT2D eigenvalue weighted by Crippen LogP contribution is -2.42. The minimum absolute atomic E-state index is 0.0289. The van der Waals surface area contributed by atoms with Gasteiger partial charge >= 0.3 is 0 Å². The standard InChI is InChI=1S/C15H17NO3S/c1-11-9-13-5-3-4-6-14(13)10-16(11)20(17,18)15-8-7-12(2)19-15/h3-8,11H,9-10H2,1-2H3. The predicted molar refractivity (Wildman–Crippen MR) is 75.8 cm³/mol. The van der Waals surface area contributed by atoms with Crippen molar-refractivity contribution in [1.82, 2.24) is 4.31 Å². The first-order valence-electron chi connectivity index (χ1n) is 6.63. The van der Waals surface area contributed by atoms with Crippen LogP contribution in [-0.4, -0.2) is 18.8 Å². The molecule has 0 fully saturated rings. The summed E-state index contributed by atoms with van der Waals surface area (Å²) in [6, 6.07) is 11.1. The van der Waals surface area contributed by atoms with E-state index in [4.69, 9.17) is 4.42 Å². The molecule has 106 valence electrons. The Kier molecular flexibility index (Phi) is 3.18. The zero-order chi connectivity index (χ0) is 14.3. The molecule has 1 aromatic carbocycles. The van der Waals surface area contributed by atoms with Crippen LogP contribution in [0.25, 0.3) is 0 Å². The Hall–Kier alpha value is -1.59. The first-order valence-corrected chi connectivity index (χ1v) is 8.07. The number of rotatable bonds is 2. The van der Waals surface area contributed by atoms with Crippen molar-refractivity contribution in [2.24, 2.45) is 0 Å². The molecule has 0 aliphatic carbocycles. The molecule has 0 N–H and O–H groups in total. The molecule has 0 radical (unpaired) electrons. The third kappa shape index (κ3) is 2.17. The van der Waals surface area contributed by atoms with Crippen LogP contribution in [0, 0.1) is 6.92 Å². The Morgan fingerprint density at radius 3 is 2.50 bits per heavy atom. The highest BCUT2D eigenvalue weighted by atomic mass is 32.2. The fourth-order valence-electron chi connectivity index (χ4n) is 2.64. The monoisotopic (exact) mass is 291 g/mol. The van der Waals surface area contributed by atoms with E-state index in [0.717, 1.165) is 12.0 Å². The van der Waals surface area contributed by atoms with Gasteiger partial charge in [-0.3, -0.25) is 0 Å². The SMILES string of the molecule is Cc1ccc(S(=O)(=O)N2Cc3ccccc3CC2C)o1. The van der Waals surface area contributed by atoms with E-state index in [1.165, 1.54) is 15.9 Å². The van der Waals surface area contributed by atoms with E-state index < -0.39 is 10.0 Å². The molecule has 1 atom stereocenters. The normalized spacial score (nSPS) is 19.8. The van der Waals surface area contributed by atoms with Crippen LogP contribution in [0.1, 0.15) is 23.8 Å². The lowest BCUT2D eigenvalue weighted by Gasteiger charge is -2.33. The average molecular weight is 291 g/mol. The van der Waals surface area contributed by atoms with Gasteiger partial charge in [-0.05, 0) is 43.5 Å². The molecule has 1 unspecified atom stereocenters. The average Bonchev–Trinajstić information content (AvgIpc) is 2.85. The number of aryl methyl sites for hydroxylation is 1. The van der Waals surface area contributed by atoms with Gasteiger partial charge < -0.3 is 4.42 Å². The van der Waals surface area contributed by atoms with Crippen molar-refractivity contribution in [3.05, 3.63) is 53.3 Å². The van der Waals surface area contributed by atoms with Gasteiger partial charge in [-0.25, -0.2) is 8.42 Å². The summed E-state index contributed by atoms with van der Waals surface area (Å²) in [6.07, 6.45) is 0.731. The first-order chi connectivity index (χ1) is 9.48. The zero-order valence-corrected chi connectivity index (χ0v) is 12.4. The van der Waals surface area contributed by atoms with Crippen LogP contribution < -0.4 is 0 Å². The number of sulfonamides is 1. The van der Waals surface area contributed by atoms with E-state index in [9.17, 15) is 8.42 Å². The molecule has 0 amide bonds. The van der Waals surface area contributed by atoms with Crippen LogP contribution in [0.5, 0.6) is 0 Å². The molecule has 1 aromatic heterocycles. The minimum atomic E-state index is -3.57. The van der Waals surface area contributed by atoms with Crippen molar-refractivity contribution in [1.29, 1.82) is 0 Å². The summed E-state index contributed by atoms with van der Waals surface area (Å²) in [5.41, 5.74) is 2.29. The maximum Gasteiger partial charge on any atom is 0.277 e. The third-order valence-corrected chi connectivity index (χ3v) is 5.56. The third-order valence-electron chi connectivity index (χ3n) is 3.73. The number of fused-ring (bicyclic) bond motifs is 1. The molecular weight excluding hydrogens is 274 g/mol. The van der Waals surface area contributed by atoms with Crippen LogP contribution in [0.2, 0.25) is 0 Å².